The highest BCUT2D eigenvalue weighted by Gasteiger charge is 2.09. The molecule has 0 radical (unpaired) electrons. The summed E-state index contributed by atoms with van der Waals surface area (Å²) in [6, 6.07) is 17.0. The van der Waals surface area contributed by atoms with Crippen molar-refractivity contribution in [1.82, 2.24) is 10.6 Å². The molecule has 1 atom stereocenters. The highest BCUT2D eigenvalue weighted by Crippen LogP contribution is 2.18. The van der Waals surface area contributed by atoms with Gasteiger partial charge in [-0.1, -0.05) is 54.1 Å². The van der Waals surface area contributed by atoms with E-state index in [4.69, 9.17) is 12.2 Å². The Morgan fingerprint density at radius 1 is 1.10 bits per heavy atom. The minimum atomic E-state index is 0.195. The van der Waals surface area contributed by atoms with Crippen molar-refractivity contribution < 1.29 is 0 Å². The van der Waals surface area contributed by atoms with Crippen LogP contribution in [-0.2, 0) is 6.54 Å². The van der Waals surface area contributed by atoms with Gasteiger partial charge in [0.05, 0.1) is 6.04 Å². The van der Waals surface area contributed by atoms with E-state index in [1.54, 1.807) is 0 Å². The third-order valence-electron chi connectivity index (χ3n) is 3.54. The lowest BCUT2D eigenvalue weighted by Gasteiger charge is -2.19. The smallest absolute Gasteiger partial charge is 0.167 e. The summed E-state index contributed by atoms with van der Waals surface area (Å²) in [4.78, 5) is 0. The van der Waals surface area contributed by atoms with Gasteiger partial charge < -0.3 is 10.6 Å². The second-order valence-corrected chi connectivity index (χ2v) is 5.80. The summed E-state index contributed by atoms with van der Waals surface area (Å²) in [5.74, 6) is 0. The lowest BCUT2D eigenvalue weighted by Crippen LogP contribution is -2.36. The minimum absolute atomic E-state index is 0.195. The Balaban J connectivity index is 1.91. The fourth-order valence-corrected chi connectivity index (χ4v) is 2.58. The molecule has 0 aromatic heterocycles. The zero-order valence-corrected chi connectivity index (χ0v) is 13.6. The molecular weight excluding hydrogens is 276 g/mol. The van der Waals surface area contributed by atoms with Crippen LogP contribution in [0.25, 0.3) is 0 Å². The van der Waals surface area contributed by atoms with Crippen molar-refractivity contribution in [1.29, 1.82) is 0 Å². The van der Waals surface area contributed by atoms with E-state index in [1.807, 2.05) is 18.2 Å². The maximum absolute atomic E-state index is 5.38. The Morgan fingerprint density at radius 2 is 1.81 bits per heavy atom. The molecule has 0 bridgehead atoms. The molecule has 0 spiro atoms. The standard InChI is InChI=1S/C18H22N2S/c1-13-9-10-14(2)17(11-13)15(3)20-18(21)19-12-16-7-5-4-6-8-16/h4-11,15H,12H2,1-3H3,(H2,19,20,21). The summed E-state index contributed by atoms with van der Waals surface area (Å²) in [5, 5.41) is 7.30. The van der Waals surface area contributed by atoms with Gasteiger partial charge >= 0.3 is 0 Å². The predicted octanol–water partition coefficient (Wildman–Crippen LogP) is 4.03. The third-order valence-corrected chi connectivity index (χ3v) is 3.81. The first-order valence-electron chi connectivity index (χ1n) is 7.21. The first-order chi connectivity index (χ1) is 10.1. The van der Waals surface area contributed by atoms with Crippen LogP contribution in [0.2, 0.25) is 0 Å². The molecule has 0 heterocycles. The lowest BCUT2D eigenvalue weighted by atomic mass is 10.0. The molecule has 0 aliphatic heterocycles. The minimum Gasteiger partial charge on any atom is -0.359 e. The van der Waals surface area contributed by atoms with Crippen molar-refractivity contribution in [3.8, 4) is 0 Å². The van der Waals surface area contributed by atoms with E-state index in [0.29, 0.717) is 5.11 Å². The summed E-state index contributed by atoms with van der Waals surface area (Å²) >= 11 is 5.38. The molecule has 2 aromatic carbocycles. The number of rotatable bonds is 4. The fraction of sp³-hybridized carbons (Fsp3) is 0.278. The largest absolute Gasteiger partial charge is 0.359 e. The second-order valence-electron chi connectivity index (χ2n) is 5.39. The van der Waals surface area contributed by atoms with Gasteiger partial charge in [0, 0.05) is 6.54 Å². The van der Waals surface area contributed by atoms with Crippen LogP contribution in [0.1, 0.15) is 35.2 Å². The Hall–Kier alpha value is -1.87. The average molecular weight is 298 g/mol. The maximum atomic E-state index is 5.38. The van der Waals surface area contributed by atoms with Crippen LogP contribution in [0.3, 0.4) is 0 Å². The maximum Gasteiger partial charge on any atom is 0.167 e. The number of aryl methyl sites for hydroxylation is 2. The van der Waals surface area contributed by atoms with Crippen LogP contribution in [-0.4, -0.2) is 5.11 Å². The van der Waals surface area contributed by atoms with Crippen molar-refractivity contribution in [2.24, 2.45) is 0 Å². The highest BCUT2D eigenvalue weighted by atomic mass is 32.1. The summed E-state index contributed by atoms with van der Waals surface area (Å²) in [6.07, 6.45) is 0. The quantitative estimate of drug-likeness (QED) is 0.833. The average Bonchev–Trinajstić information content (AvgIpc) is 2.48. The molecule has 3 heteroatoms. The van der Waals surface area contributed by atoms with Gasteiger partial charge in [-0.15, -0.1) is 0 Å². The van der Waals surface area contributed by atoms with Crippen molar-refractivity contribution in [3.05, 3.63) is 70.8 Å². The number of hydrogen-bond donors (Lipinski definition) is 2. The second kappa shape index (κ2) is 7.23. The molecule has 0 saturated carbocycles. The van der Waals surface area contributed by atoms with E-state index in [9.17, 15) is 0 Å². The van der Waals surface area contributed by atoms with E-state index < -0.39 is 0 Å². The molecule has 110 valence electrons. The summed E-state index contributed by atoms with van der Waals surface area (Å²) in [7, 11) is 0. The van der Waals surface area contributed by atoms with Crippen LogP contribution in [0.5, 0.6) is 0 Å². The van der Waals surface area contributed by atoms with E-state index in [1.165, 1.54) is 22.3 Å². The Kier molecular flexibility index (Phi) is 5.34. The molecule has 0 aliphatic rings. The molecule has 0 fully saturated rings. The SMILES string of the molecule is Cc1ccc(C)c(C(C)NC(=S)NCc2ccccc2)c1. The molecule has 1 unspecified atom stereocenters. The van der Waals surface area contributed by atoms with E-state index in [0.717, 1.165) is 6.54 Å². The van der Waals surface area contributed by atoms with Crippen LogP contribution >= 0.6 is 12.2 Å². The van der Waals surface area contributed by atoms with Gasteiger partial charge in [0.2, 0.25) is 0 Å². The molecule has 2 N–H and O–H groups in total. The lowest BCUT2D eigenvalue weighted by molar-refractivity contribution is 0.693. The molecule has 2 aromatic rings. The summed E-state index contributed by atoms with van der Waals surface area (Å²) in [6.45, 7) is 7.12. The first-order valence-corrected chi connectivity index (χ1v) is 7.62. The van der Waals surface area contributed by atoms with E-state index in [-0.39, 0.29) is 6.04 Å². The first kappa shape index (κ1) is 15.5. The summed E-state index contributed by atoms with van der Waals surface area (Å²) < 4.78 is 0. The van der Waals surface area contributed by atoms with Gasteiger partial charge in [-0.05, 0) is 49.7 Å². The molecule has 0 saturated heterocycles. The Morgan fingerprint density at radius 3 is 2.52 bits per heavy atom. The normalized spacial score (nSPS) is 11.8. The number of thiocarbonyl (C=S) groups is 1. The third kappa shape index (κ3) is 4.57. The zero-order chi connectivity index (χ0) is 15.2. The van der Waals surface area contributed by atoms with Crippen LogP contribution in [0.15, 0.2) is 48.5 Å². The van der Waals surface area contributed by atoms with Gasteiger partial charge in [0.25, 0.3) is 0 Å². The number of nitrogens with one attached hydrogen (secondary N) is 2. The fourth-order valence-electron chi connectivity index (χ4n) is 2.33. The van der Waals surface area contributed by atoms with Gasteiger partial charge in [-0.3, -0.25) is 0 Å². The molecule has 0 amide bonds. The van der Waals surface area contributed by atoms with Crippen LogP contribution < -0.4 is 10.6 Å². The topological polar surface area (TPSA) is 24.1 Å². The summed E-state index contributed by atoms with van der Waals surface area (Å²) in [5.41, 5.74) is 5.07. The van der Waals surface area contributed by atoms with Crippen molar-refractivity contribution >= 4 is 17.3 Å². The van der Waals surface area contributed by atoms with Gasteiger partial charge in [-0.25, -0.2) is 0 Å². The van der Waals surface area contributed by atoms with E-state index in [2.05, 4.69) is 61.7 Å². The highest BCUT2D eigenvalue weighted by molar-refractivity contribution is 7.80. The van der Waals surface area contributed by atoms with Crippen molar-refractivity contribution in [2.75, 3.05) is 0 Å². The van der Waals surface area contributed by atoms with Gasteiger partial charge in [0.1, 0.15) is 0 Å². The number of hydrogen-bond acceptors (Lipinski definition) is 1. The molecule has 0 aliphatic carbocycles. The van der Waals surface area contributed by atoms with Crippen LogP contribution in [0, 0.1) is 13.8 Å². The predicted molar refractivity (Wildman–Crippen MR) is 93.3 cm³/mol. The Bertz CT molecular complexity index is 608. The number of benzene rings is 2. The van der Waals surface area contributed by atoms with Crippen molar-refractivity contribution in [2.45, 2.75) is 33.4 Å². The van der Waals surface area contributed by atoms with Crippen LogP contribution in [0.4, 0.5) is 0 Å². The van der Waals surface area contributed by atoms with Gasteiger partial charge in [0.15, 0.2) is 5.11 Å². The molecular formula is C18H22N2S. The van der Waals surface area contributed by atoms with Crippen molar-refractivity contribution in [3.63, 3.8) is 0 Å². The molecule has 2 rings (SSSR count). The van der Waals surface area contributed by atoms with Gasteiger partial charge in [-0.2, -0.15) is 0 Å². The molecule has 2 nitrogen and oxygen atoms in total. The Labute approximate surface area is 132 Å². The van der Waals surface area contributed by atoms with E-state index >= 15 is 0 Å². The zero-order valence-electron chi connectivity index (χ0n) is 12.8. The monoisotopic (exact) mass is 298 g/mol. The molecule has 21 heavy (non-hydrogen) atoms.